The van der Waals surface area contributed by atoms with Crippen molar-refractivity contribution in [2.75, 3.05) is 0 Å². The highest BCUT2D eigenvalue weighted by Gasteiger charge is 2.75. The Labute approximate surface area is 216 Å². The minimum Gasteiger partial charge on any atom is -0.456 e. The summed E-state index contributed by atoms with van der Waals surface area (Å²) in [7, 11) is 0. The fourth-order valence-corrected chi connectivity index (χ4v) is 9.65. The molecule has 200 valence electrons. The molecule has 5 unspecified atom stereocenters. The Morgan fingerprint density at radius 1 is 1.19 bits per heavy atom. The van der Waals surface area contributed by atoms with Gasteiger partial charge in [-0.1, -0.05) is 38.8 Å². The van der Waals surface area contributed by atoms with Crippen LogP contribution in [0.15, 0.2) is 23.3 Å². The van der Waals surface area contributed by atoms with Crippen molar-refractivity contribution < 1.29 is 24.5 Å². The Balaban J connectivity index is 1.49. The number of esters is 1. The van der Waals surface area contributed by atoms with Crippen LogP contribution in [0.25, 0.3) is 0 Å². The lowest BCUT2D eigenvalue weighted by atomic mass is 9.42. The van der Waals surface area contributed by atoms with Crippen molar-refractivity contribution in [1.82, 2.24) is 0 Å². The van der Waals surface area contributed by atoms with Gasteiger partial charge in [-0.25, -0.2) is 4.79 Å². The van der Waals surface area contributed by atoms with E-state index in [-0.39, 0.29) is 34.9 Å². The van der Waals surface area contributed by atoms with E-state index >= 15 is 0 Å². The summed E-state index contributed by atoms with van der Waals surface area (Å²) in [6, 6.07) is 0. The van der Waals surface area contributed by atoms with E-state index < -0.39 is 22.7 Å². The summed E-state index contributed by atoms with van der Waals surface area (Å²) in [5, 5.41) is 24.1. The lowest BCUT2D eigenvalue weighted by Gasteiger charge is -2.63. The number of ether oxygens (including phenoxy) is 1. The molecule has 0 aromatic heterocycles. The highest BCUT2D eigenvalue weighted by Crippen LogP contribution is 2.74. The number of carbonyl (C=O) groups excluding carboxylic acids is 2. The van der Waals surface area contributed by atoms with Crippen LogP contribution in [-0.2, 0) is 14.3 Å². The number of hydrogen-bond acceptors (Lipinski definition) is 5. The molecule has 2 N–H and O–H groups in total. The predicted octanol–water partition coefficient (Wildman–Crippen LogP) is 5.39. The average Bonchev–Trinajstić information content (AvgIpc) is 3.64. The van der Waals surface area contributed by atoms with Crippen molar-refractivity contribution in [3.63, 3.8) is 0 Å². The maximum absolute atomic E-state index is 13.6. The number of cyclic esters (lactones) is 1. The van der Waals surface area contributed by atoms with Crippen molar-refractivity contribution in [2.24, 2.45) is 46.3 Å². The molecule has 0 radical (unpaired) electrons. The average molecular weight is 499 g/mol. The zero-order chi connectivity index (χ0) is 26.4. The van der Waals surface area contributed by atoms with Crippen molar-refractivity contribution in [3.8, 4) is 0 Å². The monoisotopic (exact) mass is 498 g/mol. The first-order valence-electron chi connectivity index (χ1n) is 14.3. The van der Waals surface area contributed by atoms with Crippen LogP contribution in [0.1, 0.15) is 93.4 Å². The summed E-state index contributed by atoms with van der Waals surface area (Å²) in [6.45, 7) is 14.4. The second-order valence-corrected chi connectivity index (χ2v) is 13.6. The van der Waals surface area contributed by atoms with Gasteiger partial charge in [0.25, 0.3) is 0 Å². The third kappa shape index (κ3) is 3.27. The Hall–Kier alpha value is -1.46. The fraction of sp³-hybridized carbons (Fsp3) is 0.806. The zero-order valence-electron chi connectivity index (χ0n) is 23.3. The third-order valence-corrected chi connectivity index (χ3v) is 12.5. The lowest BCUT2D eigenvalue weighted by Crippen LogP contribution is -2.65. The van der Waals surface area contributed by atoms with E-state index in [0.29, 0.717) is 36.2 Å². The predicted molar refractivity (Wildman–Crippen MR) is 139 cm³/mol. The molecule has 0 bridgehead atoms. The van der Waals surface area contributed by atoms with Gasteiger partial charge >= 0.3 is 5.97 Å². The third-order valence-electron chi connectivity index (χ3n) is 12.5. The molecule has 0 saturated heterocycles. The molecule has 0 aromatic carbocycles. The number of hydrogen-bond donors (Lipinski definition) is 2. The molecule has 0 spiro atoms. The van der Waals surface area contributed by atoms with Crippen LogP contribution in [0, 0.1) is 46.3 Å². The molecule has 0 aromatic rings. The van der Waals surface area contributed by atoms with Crippen LogP contribution in [0.3, 0.4) is 0 Å². The van der Waals surface area contributed by atoms with Crippen LogP contribution < -0.4 is 0 Å². The van der Waals surface area contributed by atoms with Gasteiger partial charge in [0.1, 0.15) is 11.7 Å². The highest BCUT2D eigenvalue weighted by molar-refractivity contribution is 5.96. The summed E-state index contributed by atoms with van der Waals surface area (Å²) in [5.74, 6) is 1.15. The second-order valence-electron chi connectivity index (χ2n) is 13.6. The van der Waals surface area contributed by atoms with Crippen molar-refractivity contribution >= 4 is 11.8 Å². The molecule has 36 heavy (non-hydrogen) atoms. The van der Waals surface area contributed by atoms with Gasteiger partial charge in [-0.2, -0.15) is 0 Å². The number of rotatable bonds is 4. The van der Waals surface area contributed by atoms with Crippen molar-refractivity contribution in [1.29, 1.82) is 0 Å². The van der Waals surface area contributed by atoms with E-state index in [1.165, 1.54) is 0 Å². The zero-order valence-corrected chi connectivity index (χ0v) is 23.3. The molecule has 4 aliphatic carbocycles. The number of fused-ring (bicyclic) bond motifs is 6. The van der Waals surface area contributed by atoms with Crippen LogP contribution in [0.4, 0.5) is 0 Å². The maximum Gasteiger partial charge on any atom is 0.334 e. The summed E-state index contributed by atoms with van der Waals surface area (Å²) in [5.41, 5.74) is -1.36. The van der Waals surface area contributed by atoms with Gasteiger partial charge in [0.05, 0.1) is 11.0 Å². The van der Waals surface area contributed by atoms with Gasteiger partial charge in [0.15, 0.2) is 5.78 Å². The number of allylic oxidation sites excluding steroid dienone is 2. The first kappa shape index (κ1) is 26.2. The van der Waals surface area contributed by atoms with Crippen LogP contribution >= 0.6 is 0 Å². The minimum absolute atomic E-state index is 0.101. The summed E-state index contributed by atoms with van der Waals surface area (Å²) in [6.07, 6.45) is 8.88. The van der Waals surface area contributed by atoms with E-state index in [9.17, 15) is 19.8 Å². The van der Waals surface area contributed by atoms with E-state index in [4.69, 9.17) is 4.74 Å². The Kier molecular flexibility index (Phi) is 6.01. The molecule has 11 atom stereocenters. The SMILES string of the molecule is CCC1C2C(CC[C@]1(C)C(C)[C@](C)(O)C1CC(C)=C(C)C(=O)O1)[C@@]1(C)C(=O)C=CCC[C@]1(O)[C@H]1C[C@@H]21. The number of carbonyl (C=O) groups is 2. The summed E-state index contributed by atoms with van der Waals surface area (Å²) >= 11 is 0. The van der Waals surface area contributed by atoms with Crippen LogP contribution in [0.2, 0.25) is 0 Å². The lowest BCUT2D eigenvalue weighted by molar-refractivity contribution is -0.215. The first-order valence-corrected chi connectivity index (χ1v) is 14.3. The molecule has 5 heteroatoms. The molecule has 1 aliphatic heterocycles. The van der Waals surface area contributed by atoms with E-state index in [1.54, 1.807) is 13.0 Å². The smallest absolute Gasteiger partial charge is 0.334 e. The molecule has 5 nitrogen and oxygen atoms in total. The van der Waals surface area contributed by atoms with Crippen molar-refractivity contribution in [3.05, 3.63) is 23.3 Å². The minimum atomic E-state index is -1.17. The van der Waals surface area contributed by atoms with Crippen LogP contribution in [-0.4, -0.2) is 39.3 Å². The molecule has 0 amide bonds. The van der Waals surface area contributed by atoms with Crippen LogP contribution in [0.5, 0.6) is 0 Å². The van der Waals surface area contributed by atoms with Gasteiger partial charge < -0.3 is 14.9 Å². The maximum atomic E-state index is 13.6. The quantitative estimate of drug-likeness (QED) is 0.508. The Morgan fingerprint density at radius 3 is 2.53 bits per heavy atom. The fourth-order valence-electron chi connectivity index (χ4n) is 9.65. The molecule has 1 heterocycles. The van der Waals surface area contributed by atoms with E-state index in [1.807, 2.05) is 19.9 Å². The second kappa shape index (κ2) is 8.27. The molecule has 3 saturated carbocycles. The summed E-state index contributed by atoms with van der Waals surface area (Å²) in [4.78, 5) is 26.1. The van der Waals surface area contributed by atoms with E-state index in [0.717, 1.165) is 37.7 Å². The molecular weight excluding hydrogens is 452 g/mol. The largest absolute Gasteiger partial charge is 0.456 e. The van der Waals surface area contributed by atoms with Gasteiger partial charge in [-0.3, -0.25) is 4.79 Å². The van der Waals surface area contributed by atoms with Crippen molar-refractivity contribution in [2.45, 2.75) is 111 Å². The first-order chi connectivity index (χ1) is 16.7. The molecule has 5 rings (SSSR count). The van der Waals surface area contributed by atoms with Gasteiger partial charge in [-0.15, -0.1) is 0 Å². The molecule has 5 aliphatic rings. The topological polar surface area (TPSA) is 83.8 Å². The molecular formula is C31H46O5. The van der Waals surface area contributed by atoms with Gasteiger partial charge in [0, 0.05) is 12.0 Å². The number of ketones is 1. The standard InChI is InChI=1S/C31H46O5/c1-8-21-26-20-16-23(20)31(35)13-10-9-11-24(32)29(31,6)22(26)12-14-28(21,5)19(4)30(7,34)25-15-17(2)18(3)27(33)36-25/h9,11,19-23,25-26,34-35H,8,10,12-16H2,1-7H3/t19?,20-,21?,22?,23+,25?,26?,28-,29+,30+,31+/m1/s1. The Morgan fingerprint density at radius 2 is 1.89 bits per heavy atom. The summed E-state index contributed by atoms with van der Waals surface area (Å²) < 4.78 is 5.79. The van der Waals surface area contributed by atoms with Gasteiger partial charge in [0.2, 0.25) is 0 Å². The highest BCUT2D eigenvalue weighted by atomic mass is 16.6. The normalized spacial score (nSPS) is 48.7. The Bertz CT molecular complexity index is 1020. The number of aliphatic hydroxyl groups is 2. The van der Waals surface area contributed by atoms with Gasteiger partial charge in [-0.05, 0) is 107 Å². The van der Waals surface area contributed by atoms with E-state index in [2.05, 4.69) is 27.7 Å². The molecule has 3 fully saturated rings.